The lowest BCUT2D eigenvalue weighted by molar-refractivity contribution is -0.214. The zero-order valence-electron chi connectivity index (χ0n) is 27.8. The average Bonchev–Trinajstić information content (AvgIpc) is 2.91. The molecule has 6 atom stereocenters. The van der Waals surface area contributed by atoms with Gasteiger partial charge in [0.25, 0.3) is 5.91 Å². The van der Waals surface area contributed by atoms with Crippen molar-refractivity contribution in [3.05, 3.63) is 12.7 Å². The Balaban J connectivity index is 2.38. The molecular formula is C32H48N2O9Si. The first-order valence-electron chi connectivity index (χ1n) is 15.1. The van der Waals surface area contributed by atoms with Gasteiger partial charge in [-0.3, -0.25) is 14.4 Å². The van der Waals surface area contributed by atoms with Gasteiger partial charge in [0.2, 0.25) is 0 Å². The standard InChI is InChI=1S/C32H48N2O9Si/c1-12-14-15-16-20-24(35)21-18-33(28(38)40-9)25(20)32(27(37)41-17-13-2)23(21)22(43-44(10,11)31(6,7)8)19-34(26(32)36)29(39)42-30(3,4)5/h13,20-23,25H,2,15-19H2,1,3-11H3/t20?,21?,22-,23?,25+,32+/m0/s1. The highest BCUT2D eigenvalue weighted by Gasteiger charge is 2.77. The predicted octanol–water partition coefficient (Wildman–Crippen LogP) is 4.56. The zero-order chi connectivity index (χ0) is 33.4. The van der Waals surface area contributed by atoms with E-state index in [0.29, 0.717) is 6.42 Å². The Morgan fingerprint density at radius 1 is 1.09 bits per heavy atom. The number of piperidine rings is 3. The molecule has 0 N–H and O–H groups in total. The number of carbonyl (C=O) groups is 5. The van der Waals surface area contributed by atoms with E-state index in [9.17, 15) is 24.0 Å². The van der Waals surface area contributed by atoms with Crippen molar-refractivity contribution in [3.63, 3.8) is 0 Å². The molecule has 0 spiro atoms. The molecule has 0 aromatic heterocycles. The van der Waals surface area contributed by atoms with Gasteiger partial charge in [0.05, 0.1) is 25.8 Å². The van der Waals surface area contributed by atoms with Crippen LogP contribution in [0, 0.1) is 35.0 Å². The molecule has 4 aliphatic rings. The maximum absolute atomic E-state index is 14.9. The van der Waals surface area contributed by atoms with Crippen molar-refractivity contribution in [2.24, 2.45) is 23.2 Å². The summed E-state index contributed by atoms with van der Waals surface area (Å²) in [5.41, 5.74) is -3.12. The molecule has 3 aliphatic heterocycles. The van der Waals surface area contributed by atoms with Gasteiger partial charge in [0.1, 0.15) is 18.0 Å². The van der Waals surface area contributed by atoms with E-state index in [2.05, 4.69) is 18.4 Å². The van der Waals surface area contributed by atoms with Crippen molar-refractivity contribution in [1.29, 1.82) is 0 Å². The molecule has 11 nitrogen and oxygen atoms in total. The largest absolute Gasteiger partial charge is 0.461 e. The summed E-state index contributed by atoms with van der Waals surface area (Å²) in [6.45, 7) is 20.0. The number of ether oxygens (including phenoxy) is 3. The van der Waals surface area contributed by atoms with Crippen molar-refractivity contribution >= 4 is 38.2 Å². The molecule has 12 heteroatoms. The monoisotopic (exact) mass is 632 g/mol. The number of esters is 1. The summed E-state index contributed by atoms with van der Waals surface area (Å²) in [6.07, 6.45) is -0.814. The van der Waals surface area contributed by atoms with E-state index in [1.165, 1.54) is 18.1 Å². The number of fused-ring (bicyclic) bond motifs is 2. The third kappa shape index (κ3) is 6.18. The number of hydrogen-bond acceptors (Lipinski definition) is 9. The number of rotatable bonds is 7. The number of ketones is 1. The van der Waals surface area contributed by atoms with Crippen LogP contribution in [-0.2, 0) is 33.0 Å². The third-order valence-corrected chi connectivity index (χ3v) is 13.8. The second-order valence-corrected chi connectivity index (χ2v) is 19.0. The highest BCUT2D eigenvalue weighted by Crippen LogP contribution is 2.59. The Labute approximate surface area is 262 Å². The molecule has 3 heterocycles. The van der Waals surface area contributed by atoms with Gasteiger partial charge >= 0.3 is 18.2 Å². The van der Waals surface area contributed by atoms with Gasteiger partial charge in [-0.25, -0.2) is 14.5 Å². The first-order valence-corrected chi connectivity index (χ1v) is 18.0. The van der Waals surface area contributed by atoms with Crippen LogP contribution in [0.25, 0.3) is 0 Å². The van der Waals surface area contributed by atoms with Gasteiger partial charge in [-0.15, -0.1) is 11.8 Å². The van der Waals surface area contributed by atoms with Crippen LogP contribution in [-0.4, -0.2) is 92.5 Å². The second-order valence-electron chi connectivity index (χ2n) is 14.2. The lowest BCUT2D eigenvalue weighted by atomic mass is 9.48. The van der Waals surface area contributed by atoms with Crippen LogP contribution in [0.1, 0.15) is 61.3 Å². The van der Waals surface area contributed by atoms with Crippen molar-refractivity contribution in [3.8, 4) is 11.8 Å². The lowest BCUT2D eigenvalue weighted by Gasteiger charge is -2.64. The number of Topliss-reactive ketones (excluding diaryl/α,β-unsaturated/α-hetero) is 1. The maximum Gasteiger partial charge on any atom is 0.417 e. The van der Waals surface area contributed by atoms with E-state index in [4.69, 9.17) is 18.6 Å². The van der Waals surface area contributed by atoms with Crippen LogP contribution < -0.4 is 0 Å². The molecular weight excluding hydrogens is 584 g/mol. The number of hydrogen-bond donors (Lipinski definition) is 0. The van der Waals surface area contributed by atoms with Crippen molar-refractivity contribution in [2.75, 3.05) is 26.8 Å². The van der Waals surface area contributed by atoms with Gasteiger partial charge in [-0.2, -0.15) is 0 Å². The molecule has 1 aliphatic carbocycles. The fourth-order valence-corrected chi connectivity index (χ4v) is 7.88. The third-order valence-electron chi connectivity index (χ3n) is 9.33. The van der Waals surface area contributed by atoms with Crippen LogP contribution in [0.5, 0.6) is 0 Å². The normalized spacial score (nSPS) is 28.5. The summed E-state index contributed by atoms with van der Waals surface area (Å²) < 4.78 is 23.3. The first kappa shape index (κ1) is 35.3. The topological polar surface area (TPSA) is 129 Å². The first-order chi connectivity index (χ1) is 20.3. The molecule has 4 rings (SSSR count). The lowest BCUT2D eigenvalue weighted by Crippen LogP contribution is -2.82. The molecule has 3 amide bonds. The summed E-state index contributed by atoms with van der Waals surface area (Å²) in [5, 5.41) is -0.283. The highest BCUT2D eigenvalue weighted by atomic mass is 28.4. The minimum absolute atomic E-state index is 0.0651. The fourth-order valence-electron chi connectivity index (χ4n) is 6.55. The fraction of sp³-hybridized carbons (Fsp3) is 0.719. The molecule has 0 aromatic carbocycles. The summed E-state index contributed by atoms with van der Waals surface area (Å²) in [4.78, 5) is 72.8. The Morgan fingerprint density at radius 2 is 1.73 bits per heavy atom. The summed E-state index contributed by atoms with van der Waals surface area (Å²) in [6, 6.07) is -1.31. The molecule has 44 heavy (non-hydrogen) atoms. The number of amides is 3. The Bertz CT molecular complexity index is 1250. The number of methoxy groups -OCH3 is 1. The van der Waals surface area contributed by atoms with E-state index in [0.717, 1.165) is 4.90 Å². The average molecular weight is 633 g/mol. The van der Waals surface area contributed by atoms with Crippen LogP contribution in [0.15, 0.2) is 12.7 Å². The van der Waals surface area contributed by atoms with Gasteiger partial charge in [-0.05, 0) is 52.2 Å². The van der Waals surface area contributed by atoms with Crippen LogP contribution in [0.3, 0.4) is 0 Å². The number of carbonyl (C=O) groups excluding carboxylic acids is 5. The van der Waals surface area contributed by atoms with Crippen molar-refractivity contribution in [1.82, 2.24) is 9.80 Å². The Kier molecular flexibility index (Phi) is 10.2. The number of likely N-dealkylation sites (tertiary alicyclic amines) is 1. The number of imide groups is 1. The van der Waals surface area contributed by atoms with E-state index < -0.39 is 73.3 Å². The highest BCUT2D eigenvalue weighted by molar-refractivity contribution is 6.74. The van der Waals surface area contributed by atoms with Crippen molar-refractivity contribution in [2.45, 2.75) is 97.2 Å². The van der Waals surface area contributed by atoms with E-state index in [1.807, 2.05) is 33.9 Å². The molecule has 0 aromatic rings. The minimum atomic E-state index is -2.63. The molecule has 4 fully saturated rings. The molecule has 1 saturated carbocycles. The summed E-state index contributed by atoms with van der Waals surface area (Å²) >= 11 is 0. The quantitative estimate of drug-likeness (QED) is 0.0991. The van der Waals surface area contributed by atoms with E-state index in [1.54, 1.807) is 27.7 Å². The van der Waals surface area contributed by atoms with Gasteiger partial charge in [0, 0.05) is 30.7 Å². The van der Waals surface area contributed by atoms with Crippen LogP contribution >= 0.6 is 0 Å². The molecule has 3 unspecified atom stereocenters. The molecule has 3 saturated heterocycles. The Morgan fingerprint density at radius 3 is 2.25 bits per heavy atom. The molecule has 2 bridgehead atoms. The van der Waals surface area contributed by atoms with Crippen LogP contribution in [0.2, 0.25) is 18.1 Å². The SMILES string of the molecule is C=CCOC(=O)[C@]12C(=O)N(C(=O)OC(C)(C)C)C[C@H](O[Si](C)(C)C(C)(C)C)C1C1CN(C(=O)OC)[C@@H]2C(CCC#CC)C1=O. The molecule has 0 radical (unpaired) electrons. The van der Waals surface area contributed by atoms with Crippen LogP contribution in [0.4, 0.5) is 9.59 Å². The van der Waals surface area contributed by atoms with Crippen molar-refractivity contribution < 1.29 is 42.6 Å². The van der Waals surface area contributed by atoms with E-state index in [-0.39, 0.29) is 36.9 Å². The van der Waals surface area contributed by atoms with Gasteiger partial charge < -0.3 is 23.5 Å². The summed E-state index contributed by atoms with van der Waals surface area (Å²) in [7, 11) is -1.43. The number of nitrogens with zero attached hydrogens (tertiary/aromatic N) is 2. The van der Waals surface area contributed by atoms with E-state index >= 15 is 0 Å². The van der Waals surface area contributed by atoms with Gasteiger partial charge in [0.15, 0.2) is 13.7 Å². The van der Waals surface area contributed by atoms with Gasteiger partial charge in [-0.1, -0.05) is 33.4 Å². The smallest absolute Gasteiger partial charge is 0.417 e. The minimum Gasteiger partial charge on any atom is -0.461 e. The maximum atomic E-state index is 14.9. The second kappa shape index (κ2) is 12.7. The summed E-state index contributed by atoms with van der Waals surface area (Å²) in [5.74, 6) is 0.825. The Hall–Kier alpha value is -3.17. The predicted molar refractivity (Wildman–Crippen MR) is 165 cm³/mol. The zero-order valence-corrected chi connectivity index (χ0v) is 28.8. The molecule has 244 valence electrons.